The predicted octanol–water partition coefficient (Wildman–Crippen LogP) is 1.21. The SMILES string of the molecule is Cc1cc(COc2cc3n(c(=O)n2)CC2CN(C(=O)C4(N)CC4)CCN32)ccc1F.Cl. The predicted molar refractivity (Wildman–Crippen MR) is 115 cm³/mol. The number of carbonyl (C=O) groups is 1. The second-order valence-electron chi connectivity index (χ2n) is 8.47. The van der Waals surface area contributed by atoms with E-state index in [0.717, 1.165) is 24.2 Å². The van der Waals surface area contributed by atoms with Gasteiger partial charge in [0.05, 0.1) is 18.1 Å². The summed E-state index contributed by atoms with van der Waals surface area (Å²) in [7, 11) is 0. The normalized spacial score (nSPS) is 20.5. The third-order valence-corrected chi connectivity index (χ3v) is 6.25. The Bertz CT molecular complexity index is 1090. The maximum absolute atomic E-state index is 13.4. The lowest BCUT2D eigenvalue weighted by molar-refractivity contribution is -0.134. The molecule has 2 N–H and O–H groups in total. The maximum atomic E-state index is 13.4. The summed E-state index contributed by atoms with van der Waals surface area (Å²) < 4.78 is 20.8. The summed E-state index contributed by atoms with van der Waals surface area (Å²) in [5.41, 5.74) is 6.37. The van der Waals surface area contributed by atoms with Gasteiger partial charge >= 0.3 is 5.69 Å². The molecule has 10 heteroatoms. The number of nitrogens with two attached hydrogens (primary N) is 1. The standard InChI is InChI=1S/C21H24FN5O3.ClH/c1-13-8-14(2-3-16(13)22)12-30-17-9-18-26-7-6-25(19(28)21(23)4-5-21)10-15(26)11-27(18)20(29)24-17;/h2-3,8-9,15H,4-7,10-12,23H2,1H3;1H. The number of amides is 1. The Morgan fingerprint density at radius 1 is 1.29 bits per heavy atom. The van der Waals surface area contributed by atoms with E-state index in [9.17, 15) is 14.0 Å². The van der Waals surface area contributed by atoms with Gasteiger partial charge in [-0.3, -0.25) is 9.36 Å². The number of aryl methyl sites for hydroxylation is 1. The van der Waals surface area contributed by atoms with Gasteiger partial charge in [0.2, 0.25) is 11.8 Å². The van der Waals surface area contributed by atoms with Gasteiger partial charge in [0.15, 0.2) is 0 Å². The van der Waals surface area contributed by atoms with Crippen molar-refractivity contribution in [3.63, 3.8) is 0 Å². The van der Waals surface area contributed by atoms with Crippen LogP contribution in [-0.2, 0) is 17.9 Å². The number of carbonyl (C=O) groups excluding carboxylic acids is 1. The second-order valence-corrected chi connectivity index (χ2v) is 8.47. The van der Waals surface area contributed by atoms with E-state index in [1.54, 1.807) is 29.7 Å². The molecule has 2 fully saturated rings. The summed E-state index contributed by atoms with van der Waals surface area (Å²) in [6.45, 7) is 4.13. The van der Waals surface area contributed by atoms with Crippen molar-refractivity contribution in [2.75, 3.05) is 24.5 Å². The topological polar surface area (TPSA) is 93.7 Å². The summed E-state index contributed by atoms with van der Waals surface area (Å²) >= 11 is 0. The van der Waals surface area contributed by atoms with Gasteiger partial charge in [-0.1, -0.05) is 6.07 Å². The van der Waals surface area contributed by atoms with Crippen LogP contribution in [0.4, 0.5) is 10.2 Å². The smallest absolute Gasteiger partial charge is 0.352 e. The second kappa shape index (κ2) is 7.80. The number of hydrogen-bond acceptors (Lipinski definition) is 6. The molecule has 1 aliphatic carbocycles. The lowest BCUT2D eigenvalue weighted by atomic mass is 10.1. The molecule has 8 nitrogen and oxygen atoms in total. The molecule has 1 saturated heterocycles. The Labute approximate surface area is 185 Å². The largest absolute Gasteiger partial charge is 0.473 e. The summed E-state index contributed by atoms with van der Waals surface area (Å²) in [4.78, 5) is 33.2. The van der Waals surface area contributed by atoms with E-state index in [2.05, 4.69) is 9.88 Å². The molecular weight excluding hydrogens is 425 g/mol. The van der Waals surface area contributed by atoms with Gasteiger partial charge < -0.3 is 20.3 Å². The van der Waals surface area contributed by atoms with Gasteiger partial charge in [-0.25, -0.2) is 9.18 Å². The Kier molecular flexibility index (Phi) is 5.43. The molecule has 1 unspecified atom stereocenters. The average Bonchev–Trinajstić information content (AvgIpc) is 3.37. The molecule has 166 valence electrons. The van der Waals surface area contributed by atoms with Crippen LogP contribution in [0.3, 0.4) is 0 Å². The van der Waals surface area contributed by atoms with E-state index in [0.29, 0.717) is 31.7 Å². The van der Waals surface area contributed by atoms with E-state index < -0.39 is 5.54 Å². The van der Waals surface area contributed by atoms with Crippen LogP contribution in [0.25, 0.3) is 0 Å². The van der Waals surface area contributed by atoms with Crippen LogP contribution in [0.5, 0.6) is 5.88 Å². The summed E-state index contributed by atoms with van der Waals surface area (Å²) in [5, 5.41) is 0. The third-order valence-electron chi connectivity index (χ3n) is 6.25. The van der Waals surface area contributed by atoms with Crippen LogP contribution >= 0.6 is 12.4 Å². The minimum atomic E-state index is -0.675. The number of piperazine rings is 1. The molecular formula is C21H25ClFN5O3. The lowest BCUT2D eigenvalue weighted by Crippen LogP contribution is -2.57. The Balaban J connectivity index is 0.00000231. The molecule has 3 aliphatic rings. The molecule has 5 rings (SSSR count). The zero-order chi connectivity index (χ0) is 21.0. The van der Waals surface area contributed by atoms with E-state index in [4.69, 9.17) is 10.5 Å². The van der Waals surface area contributed by atoms with E-state index in [1.807, 2.05) is 4.90 Å². The number of rotatable bonds is 4. The number of ether oxygens (including phenoxy) is 1. The molecule has 0 radical (unpaired) electrons. The monoisotopic (exact) mass is 449 g/mol. The van der Waals surface area contributed by atoms with Crippen molar-refractivity contribution in [3.8, 4) is 5.88 Å². The van der Waals surface area contributed by atoms with Crippen molar-refractivity contribution < 1.29 is 13.9 Å². The number of anilines is 1. The molecule has 31 heavy (non-hydrogen) atoms. The number of benzene rings is 1. The number of hydrogen-bond donors (Lipinski definition) is 1. The Morgan fingerprint density at radius 2 is 2.06 bits per heavy atom. The van der Waals surface area contributed by atoms with Crippen LogP contribution in [0.1, 0.15) is 24.0 Å². The first-order chi connectivity index (χ1) is 14.3. The maximum Gasteiger partial charge on any atom is 0.352 e. The van der Waals surface area contributed by atoms with Gasteiger partial charge in [-0.2, -0.15) is 4.98 Å². The highest BCUT2D eigenvalue weighted by Crippen LogP contribution is 2.36. The van der Waals surface area contributed by atoms with Crippen molar-refractivity contribution in [1.82, 2.24) is 14.5 Å². The fourth-order valence-electron chi connectivity index (χ4n) is 4.28. The number of aromatic nitrogens is 2. The third kappa shape index (κ3) is 3.87. The number of fused-ring (bicyclic) bond motifs is 3. The summed E-state index contributed by atoms with van der Waals surface area (Å²) in [5.74, 6) is 0.748. The first-order valence-corrected chi connectivity index (χ1v) is 10.2. The van der Waals surface area contributed by atoms with Crippen LogP contribution in [0, 0.1) is 12.7 Å². The molecule has 1 aromatic carbocycles. The van der Waals surface area contributed by atoms with Crippen LogP contribution < -0.4 is 21.1 Å². The number of nitrogens with zero attached hydrogens (tertiary/aromatic N) is 4. The zero-order valence-electron chi connectivity index (χ0n) is 17.2. The van der Waals surface area contributed by atoms with Gasteiger partial charge in [-0.15, -0.1) is 12.4 Å². The highest BCUT2D eigenvalue weighted by atomic mass is 35.5. The van der Waals surface area contributed by atoms with E-state index in [1.165, 1.54) is 6.07 Å². The molecule has 3 heterocycles. The Hall–Kier alpha value is -2.65. The van der Waals surface area contributed by atoms with Crippen LogP contribution in [-0.4, -0.2) is 51.6 Å². The molecule has 1 amide bonds. The Morgan fingerprint density at radius 3 is 2.77 bits per heavy atom. The van der Waals surface area contributed by atoms with E-state index in [-0.39, 0.29) is 48.3 Å². The van der Waals surface area contributed by atoms with Gasteiger partial charge in [0.1, 0.15) is 18.2 Å². The molecule has 2 aliphatic heterocycles. The van der Waals surface area contributed by atoms with E-state index >= 15 is 0 Å². The minimum Gasteiger partial charge on any atom is -0.473 e. The van der Waals surface area contributed by atoms with Crippen LogP contribution in [0.15, 0.2) is 29.1 Å². The van der Waals surface area contributed by atoms with Crippen molar-refractivity contribution in [1.29, 1.82) is 0 Å². The summed E-state index contributed by atoms with van der Waals surface area (Å²) in [6.07, 6.45) is 1.49. The first-order valence-electron chi connectivity index (χ1n) is 10.2. The number of halogens is 2. The van der Waals surface area contributed by atoms with Crippen molar-refractivity contribution in [2.24, 2.45) is 5.73 Å². The lowest BCUT2D eigenvalue weighted by Gasteiger charge is -2.39. The van der Waals surface area contributed by atoms with Crippen molar-refractivity contribution in [3.05, 3.63) is 51.7 Å². The fourth-order valence-corrected chi connectivity index (χ4v) is 4.28. The minimum absolute atomic E-state index is 0. The summed E-state index contributed by atoms with van der Waals surface area (Å²) in [6, 6.07) is 6.55. The van der Waals surface area contributed by atoms with Crippen LogP contribution in [0.2, 0.25) is 0 Å². The van der Waals surface area contributed by atoms with Gasteiger partial charge in [-0.05, 0) is 43.0 Å². The van der Waals surface area contributed by atoms with Gasteiger partial charge in [0, 0.05) is 25.7 Å². The molecule has 1 saturated carbocycles. The first kappa shape index (κ1) is 21.6. The highest BCUT2D eigenvalue weighted by molar-refractivity contribution is 5.89. The zero-order valence-corrected chi connectivity index (χ0v) is 18.0. The van der Waals surface area contributed by atoms with Crippen molar-refractivity contribution >= 4 is 24.1 Å². The fraction of sp³-hybridized carbons (Fsp3) is 0.476. The van der Waals surface area contributed by atoms with Crippen molar-refractivity contribution in [2.45, 2.75) is 44.5 Å². The highest BCUT2D eigenvalue weighted by Gasteiger charge is 2.49. The molecule has 1 aromatic heterocycles. The van der Waals surface area contributed by atoms with Gasteiger partial charge in [0.25, 0.3) is 0 Å². The molecule has 2 aromatic rings. The quantitative estimate of drug-likeness (QED) is 0.754. The molecule has 0 spiro atoms. The molecule has 1 atom stereocenters. The molecule has 0 bridgehead atoms. The average molecular weight is 450 g/mol.